The van der Waals surface area contributed by atoms with Crippen LogP contribution in [0.1, 0.15) is 22.8 Å². The molecule has 0 aromatic heterocycles. The number of carbonyl (C=O) groups excluding carboxylic acids is 1. The first-order valence-corrected chi connectivity index (χ1v) is 7.62. The molecule has 0 aliphatic rings. The molecule has 0 aliphatic carbocycles. The molecule has 0 fully saturated rings. The maximum atomic E-state index is 12.2. The summed E-state index contributed by atoms with van der Waals surface area (Å²) in [5.74, 6) is -0.499. The number of aromatic hydroxyl groups is 1. The van der Waals surface area contributed by atoms with Crippen molar-refractivity contribution in [3.8, 4) is 17.2 Å². The molecule has 0 heterocycles. The lowest BCUT2D eigenvalue weighted by molar-refractivity contribution is -0.139. The monoisotopic (exact) mass is 342 g/mol. The van der Waals surface area contributed by atoms with Crippen molar-refractivity contribution in [1.29, 1.82) is 0 Å². The molecular formula is C19H18O6. The van der Waals surface area contributed by atoms with Gasteiger partial charge in [-0.25, -0.2) is 4.79 Å². The average Bonchev–Trinajstić information content (AvgIpc) is 2.61. The predicted octanol–water partition coefficient (Wildman–Crippen LogP) is 3.15. The van der Waals surface area contributed by atoms with Gasteiger partial charge in [0.25, 0.3) is 0 Å². The Morgan fingerprint density at radius 2 is 1.80 bits per heavy atom. The van der Waals surface area contributed by atoms with Crippen LogP contribution in [-0.2, 0) is 4.79 Å². The minimum Gasteiger partial charge on any atom is -0.504 e. The summed E-state index contributed by atoms with van der Waals surface area (Å²) < 4.78 is 10.3. The minimum atomic E-state index is -1.07. The Morgan fingerprint density at radius 1 is 1.08 bits per heavy atom. The molecule has 6 heteroatoms. The number of hydrogen-bond donors (Lipinski definition) is 2. The Kier molecular flexibility index (Phi) is 6.17. The molecule has 0 aliphatic heterocycles. The number of phenols is 1. The van der Waals surface area contributed by atoms with Crippen LogP contribution in [0, 0.1) is 0 Å². The zero-order chi connectivity index (χ0) is 18.2. The minimum absolute atomic E-state index is 0.0438. The van der Waals surface area contributed by atoms with Crippen molar-refractivity contribution in [1.82, 2.24) is 0 Å². The van der Waals surface area contributed by atoms with Gasteiger partial charge in [0.1, 0.15) is 5.75 Å². The lowest BCUT2D eigenvalue weighted by Crippen LogP contribution is -2.09. The van der Waals surface area contributed by atoms with Gasteiger partial charge in [-0.2, -0.15) is 0 Å². The van der Waals surface area contributed by atoms with Crippen molar-refractivity contribution in [3.05, 3.63) is 59.7 Å². The summed E-state index contributed by atoms with van der Waals surface area (Å²) in [7, 11) is 0. The molecule has 0 saturated carbocycles. The van der Waals surface area contributed by atoms with Gasteiger partial charge in [0.15, 0.2) is 23.9 Å². The van der Waals surface area contributed by atoms with E-state index in [1.54, 1.807) is 30.3 Å². The maximum absolute atomic E-state index is 12.2. The van der Waals surface area contributed by atoms with E-state index in [9.17, 15) is 14.7 Å². The highest BCUT2D eigenvalue weighted by Gasteiger charge is 2.05. The van der Waals surface area contributed by atoms with Crippen LogP contribution in [0.25, 0.3) is 6.08 Å². The topological polar surface area (TPSA) is 93.1 Å². The molecule has 6 nitrogen and oxygen atoms in total. The van der Waals surface area contributed by atoms with Crippen LogP contribution < -0.4 is 9.47 Å². The normalized spacial score (nSPS) is 10.6. The first-order valence-electron chi connectivity index (χ1n) is 7.62. The summed E-state index contributed by atoms with van der Waals surface area (Å²) in [4.78, 5) is 22.6. The van der Waals surface area contributed by atoms with E-state index in [4.69, 9.17) is 14.6 Å². The molecule has 2 aromatic rings. The number of aliphatic carboxylic acids is 1. The van der Waals surface area contributed by atoms with Crippen molar-refractivity contribution in [3.63, 3.8) is 0 Å². The summed E-state index contributed by atoms with van der Waals surface area (Å²) in [6.07, 6.45) is 3.04. The van der Waals surface area contributed by atoms with Crippen LogP contribution in [0.3, 0.4) is 0 Å². The van der Waals surface area contributed by atoms with E-state index >= 15 is 0 Å². The van der Waals surface area contributed by atoms with Gasteiger partial charge in [-0.05, 0) is 55.0 Å². The molecule has 0 bridgehead atoms. The summed E-state index contributed by atoms with van der Waals surface area (Å²) in [6.45, 7) is 1.81. The van der Waals surface area contributed by atoms with E-state index in [1.807, 2.05) is 6.92 Å². The second-order valence-electron chi connectivity index (χ2n) is 5.06. The molecule has 2 aromatic carbocycles. The number of rotatable bonds is 8. The van der Waals surface area contributed by atoms with E-state index in [0.717, 1.165) is 5.56 Å². The summed E-state index contributed by atoms with van der Waals surface area (Å²) in [5, 5.41) is 18.2. The van der Waals surface area contributed by atoms with Gasteiger partial charge in [0.2, 0.25) is 0 Å². The van der Waals surface area contributed by atoms with Gasteiger partial charge < -0.3 is 19.7 Å². The van der Waals surface area contributed by atoms with Gasteiger partial charge in [-0.1, -0.05) is 12.1 Å². The molecular weight excluding hydrogens is 324 g/mol. The Morgan fingerprint density at radius 3 is 2.44 bits per heavy atom. The van der Waals surface area contributed by atoms with Gasteiger partial charge >= 0.3 is 5.97 Å². The molecule has 0 amide bonds. The second kappa shape index (κ2) is 8.54. The Bertz CT molecular complexity index is 777. The Labute approximate surface area is 144 Å². The molecule has 25 heavy (non-hydrogen) atoms. The largest absolute Gasteiger partial charge is 0.504 e. The van der Waals surface area contributed by atoms with Crippen LogP contribution in [0.2, 0.25) is 0 Å². The lowest BCUT2D eigenvalue weighted by atomic mass is 10.1. The molecule has 0 saturated heterocycles. The van der Waals surface area contributed by atoms with Gasteiger partial charge in [0, 0.05) is 5.56 Å². The van der Waals surface area contributed by atoms with Crippen LogP contribution in [-0.4, -0.2) is 35.2 Å². The molecule has 130 valence electrons. The quantitative estimate of drug-likeness (QED) is 0.565. The number of carboxylic acids is 1. The van der Waals surface area contributed by atoms with Gasteiger partial charge in [-0.15, -0.1) is 0 Å². The van der Waals surface area contributed by atoms with Crippen molar-refractivity contribution in [2.24, 2.45) is 0 Å². The Balaban J connectivity index is 2.04. The zero-order valence-corrected chi connectivity index (χ0v) is 13.6. The molecule has 2 N–H and O–H groups in total. The number of allylic oxidation sites excluding steroid dienone is 1. The number of benzene rings is 2. The highest BCUT2D eigenvalue weighted by molar-refractivity contribution is 6.06. The number of ketones is 1. The van der Waals surface area contributed by atoms with Crippen molar-refractivity contribution in [2.75, 3.05) is 13.2 Å². The number of hydrogen-bond acceptors (Lipinski definition) is 5. The highest BCUT2D eigenvalue weighted by Crippen LogP contribution is 2.27. The first kappa shape index (κ1) is 18.1. The average molecular weight is 342 g/mol. The third-order valence-electron chi connectivity index (χ3n) is 3.21. The van der Waals surface area contributed by atoms with Crippen LogP contribution in [0.15, 0.2) is 48.5 Å². The summed E-state index contributed by atoms with van der Waals surface area (Å²) in [5.41, 5.74) is 1.17. The molecule has 2 rings (SSSR count). The fraction of sp³-hybridized carbons (Fsp3) is 0.158. The van der Waals surface area contributed by atoms with Gasteiger partial charge in [-0.3, -0.25) is 4.79 Å². The number of carboxylic acid groups (broad SMARTS) is 1. The Hall–Kier alpha value is -3.28. The number of phenolic OH excluding ortho intramolecular Hbond substituents is 1. The van der Waals surface area contributed by atoms with Crippen LogP contribution in [0.5, 0.6) is 17.2 Å². The summed E-state index contributed by atoms with van der Waals surface area (Å²) in [6, 6.07) is 11.0. The molecule has 0 atom stereocenters. The fourth-order valence-electron chi connectivity index (χ4n) is 2.03. The SMILES string of the molecule is CCOc1cc(/C=C/C(=O)c2ccc(OCC(=O)O)cc2)ccc1O. The van der Waals surface area contributed by atoms with Crippen molar-refractivity contribution in [2.45, 2.75) is 6.92 Å². The van der Waals surface area contributed by atoms with E-state index < -0.39 is 12.6 Å². The van der Waals surface area contributed by atoms with Crippen molar-refractivity contribution >= 4 is 17.8 Å². The first-order chi connectivity index (χ1) is 12.0. The van der Waals surface area contributed by atoms with Crippen molar-refractivity contribution < 1.29 is 29.3 Å². The molecule has 0 spiro atoms. The van der Waals surface area contributed by atoms with E-state index in [2.05, 4.69) is 0 Å². The van der Waals surface area contributed by atoms with E-state index in [0.29, 0.717) is 23.7 Å². The van der Waals surface area contributed by atoms with E-state index in [-0.39, 0.29) is 11.5 Å². The lowest BCUT2D eigenvalue weighted by Gasteiger charge is -2.06. The zero-order valence-electron chi connectivity index (χ0n) is 13.6. The van der Waals surface area contributed by atoms with Crippen LogP contribution in [0.4, 0.5) is 0 Å². The summed E-state index contributed by atoms with van der Waals surface area (Å²) >= 11 is 0. The standard InChI is InChI=1S/C19H18O6/c1-2-24-18-11-13(4-10-17(18)21)3-9-16(20)14-5-7-15(8-6-14)25-12-19(22)23/h3-11,21H,2,12H2,1H3,(H,22,23)/b9-3+. The molecule has 0 unspecified atom stereocenters. The third kappa shape index (κ3) is 5.39. The van der Waals surface area contributed by atoms with E-state index in [1.165, 1.54) is 24.3 Å². The number of ether oxygens (including phenoxy) is 2. The highest BCUT2D eigenvalue weighted by atomic mass is 16.5. The smallest absolute Gasteiger partial charge is 0.341 e. The van der Waals surface area contributed by atoms with Gasteiger partial charge in [0.05, 0.1) is 6.61 Å². The van der Waals surface area contributed by atoms with Crippen LogP contribution >= 0.6 is 0 Å². The maximum Gasteiger partial charge on any atom is 0.341 e. The fourth-order valence-corrected chi connectivity index (χ4v) is 2.03. The third-order valence-corrected chi connectivity index (χ3v) is 3.21. The predicted molar refractivity (Wildman–Crippen MR) is 92.2 cm³/mol. The molecule has 0 radical (unpaired) electrons. The number of carbonyl (C=O) groups is 2. The second-order valence-corrected chi connectivity index (χ2v) is 5.06.